The Kier molecular flexibility index (Phi) is 13.9. The number of Topliss-reactive ketones (excluding diaryl/α,β-unsaturated/α-hetero) is 1. The van der Waals surface area contributed by atoms with Gasteiger partial charge in [-0.1, -0.05) is 46.1 Å². The molecule has 0 aromatic rings. The molecule has 0 radical (unpaired) electrons. The number of hydrogen-bond acceptors (Lipinski definition) is 7. The van der Waals surface area contributed by atoms with Gasteiger partial charge in [0, 0.05) is 44.9 Å². The second-order valence-corrected chi connectivity index (χ2v) is 16.6. The first kappa shape index (κ1) is 40.8. The van der Waals surface area contributed by atoms with E-state index < -0.39 is 53.5 Å². The molecule has 6 amide bonds. The molecule has 288 valence electrons. The van der Waals surface area contributed by atoms with Crippen LogP contribution in [0.25, 0.3) is 0 Å². The summed E-state index contributed by atoms with van der Waals surface area (Å²) in [6.45, 7) is 14.7. The molecule has 0 bridgehead atoms. The molecule has 0 aromatic heterocycles. The summed E-state index contributed by atoms with van der Waals surface area (Å²) < 4.78 is 6.34. The number of rotatable bonds is 14. The third-order valence-electron chi connectivity index (χ3n) is 11.0. The Hall–Kier alpha value is -3.92. The van der Waals surface area contributed by atoms with Crippen LogP contribution in [0, 0.1) is 29.6 Å². The van der Waals surface area contributed by atoms with Gasteiger partial charge >= 0.3 is 6.03 Å². The lowest BCUT2D eigenvalue weighted by Crippen LogP contribution is -2.61. The molecule has 4 aliphatic rings. The van der Waals surface area contributed by atoms with Gasteiger partial charge in [0.05, 0.1) is 23.8 Å². The molecule has 52 heavy (non-hydrogen) atoms. The van der Waals surface area contributed by atoms with E-state index in [1.54, 1.807) is 0 Å². The molecule has 13 nitrogen and oxygen atoms in total. The second-order valence-electron chi connectivity index (χ2n) is 16.6. The Morgan fingerprint density at radius 2 is 1.77 bits per heavy atom. The monoisotopic (exact) mass is 724 g/mol. The van der Waals surface area contributed by atoms with Gasteiger partial charge in [0.25, 0.3) is 5.91 Å². The highest BCUT2D eigenvalue weighted by atomic mass is 16.5. The van der Waals surface area contributed by atoms with Crippen molar-refractivity contribution in [1.82, 2.24) is 31.1 Å². The van der Waals surface area contributed by atoms with Crippen LogP contribution in [0.3, 0.4) is 0 Å². The number of ether oxygens (including phenoxy) is 1. The van der Waals surface area contributed by atoms with Crippen LogP contribution in [-0.4, -0.2) is 107 Å². The van der Waals surface area contributed by atoms with Crippen LogP contribution in [-0.2, 0) is 28.7 Å². The van der Waals surface area contributed by atoms with Gasteiger partial charge in [0.1, 0.15) is 12.1 Å². The van der Waals surface area contributed by atoms with Gasteiger partial charge in [-0.15, -0.1) is 18.9 Å². The van der Waals surface area contributed by atoms with Crippen LogP contribution in [0.1, 0.15) is 105 Å². The number of carbonyl (C=O) groups excluding carboxylic acids is 6. The summed E-state index contributed by atoms with van der Waals surface area (Å²) in [7, 11) is 0. The minimum Gasteiger partial charge on any atom is -0.370 e. The van der Waals surface area contributed by atoms with Gasteiger partial charge in [-0.25, -0.2) is 4.79 Å². The zero-order valence-electron chi connectivity index (χ0n) is 31.8. The molecule has 3 saturated heterocycles. The molecule has 4 N–H and O–H groups in total. The van der Waals surface area contributed by atoms with Crippen molar-refractivity contribution in [2.24, 2.45) is 17.3 Å². The number of urea groups is 1. The van der Waals surface area contributed by atoms with E-state index in [9.17, 15) is 28.8 Å². The number of amides is 6. The molecule has 4 rings (SSSR count). The highest BCUT2D eigenvalue weighted by Crippen LogP contribution is 2.43. The van der Waals surface area contributed by atoms with Gasteiger partial charge in [-0.05, 0) is 63.7 Å². The van der Waals surface area contributed by atoms with Crippen molar-refractivity contribution in [1.29, 1.82) is 0 Å². The number of terminal acetylenes is 1. The van der Waals surface area contributed by atoms with Gasteiger partial charge in [-0.3, -0.25) is 24.0 Å². The van der Waals surface area contributed by atoms with E-state index in [2.05, 4.69) is 33.8 Å². The molecular formula is C39H60N6O7. The molecule has 13 heteroatoms. The van der Waals surface area contributed by atoms with Crippen molar-refractivity contribution in [2.45, 2.75) is 141 Å². The highest BCUT2D eigenvalue weighted by Gasteiger charge is 2.56. The van der Waals surface area contributed by atoms with Crippen molar-refractivity contribution >= 4 is 35.4 Å². The summed E-state index contributed by atoms with van der Waals surface area (Å²) in [5.41, 5.74) is -0.917. The molecule has 3 aliphatic heterocycles. The molecule has 6 atom stereocenters. The van der Waals surface area contributed by atoms with Crippen molar-refractivity contribution in [3.63, 3.8) is 0 Å². The predicted octanol–water partition coefficient (Wildman–Crippen LogP) is 2.83. The number of hydrogen-bond donors (Lipinski definition) is 4. The minimum absolute atomic E-state index is 0.0454. The van der Waals surface area contributed by atoms with Crippen molar-refractivity contribution in [3.8, 4) is 12.3 Å². The lowest BCUT2D eigenvalue weighted by atomic mass is 9.83. The first-order valence-corrected chi connectivity index (χ1v) is 19.1. The highest BCUT2D eigenvalue weighted by molar-refractivity contribution is 6.38. The van der Waals surface area contributed by atoms with E-state index in [0.29, 0.717) is 25.9 Å². The quantitative estimate of drug-likeness (QED) is 0.122. The van der Waals surface area contributed by atoms with Crippen LogP contribution in [0.5, 0.6) is 0 Å². The average Bonchev–Trinajstić information content (AvgIpc) is 3.59. The Morgan fingerprint density at radius 1 is 1.06 bits per heavy atom. The van der Waals surface area contributed by atoms with Crippen molar-refractivity contribution in [2.75, 3.05) is 26.2 Å². The predicted molar refractivity (Wildman–Crippen MR) is 196 cm³/mol. The van der Waals surface area contributed by atoms with Crippen LogP contribution >= 0.6 is 0 Å². The number of nitrogens with zero attached hydrogens (tertiary/aromatic N) is 2. The summed E-state index contributed by atoms with van der Waals surface area (Å²) in [4.78, 5) is 84.7. The molecule has 4 fully saturated rings. The van der Waals surface area contributed by atoms with Crippen LogP contribution in [0.4, 0.5) is 4.79 Å². The zero-order valence-corrected chi connectivity index (χ0v) is 31.8. The first-order chi connectivity index (χ1) is 24.6. The van der Waals surface area contributed by atoms with Crippen LogP contribution in [0.15, 0.2) is 12.7 Å². The summed E-state index contributed by atoms with van der Waals surface area (Å²) in [6.07, 6.45) is 13.8. The Bertz CT molecular complexity index is 1390. The maximum Gasteiger partial charge on any atom is 0.315 e. The maximum absolute atomic E-state index is 14.8. The molecule has 0 aromatic carbocycles. The Morgan fingerprint density at radius 3 is 2.40 bits per heavy atom. The van der Waals surface area contributed by atoms with E-state index in [-0.39, 0.29) is 61.0 Å². The number of carbonyl (C=O) groups is 6. The van der Waals surface area contributed by atoms with Gasteiger partial charge in [0.15, 0.2) is 0 Å². The van der Waals surface area contributed by atoms with Crippen molar-refractivity contribution in [3.05, 3.63) is 12.7 Å². The largest absolute Gasteiger partial charge is 0.370 e. The average molecular weight is 725 g/mol. The van der Waals surface area contributed by atoms with E-state index >= 15 is 0 Å². The first-order valence-electron chi connectivity index (χ1n) is 19.1. The zero-order chi connectivity index (χ0) is 38.2. The summed E-state index contributed by atoms with van der Waals surface area (Å²) in [6, 6.07) is -3.99. The van der Waals surface area contributed by atoms with Crippen LogP contribution in [0.2, 0.25) is 0 Å². The van der Waals surface area contributed by atoms with E-state index in [1.165, 1.54) is 11.0 Å². The van der Waals surface area contributed by atoms with Gasteiger partial charge < -0.3 is 35.8 Å². The normalized spacial score (nSPS) is 24.8. The Labute approximate surface area is 309 Å². The number of ketones is 1. The molecule has 1 saturated carbocycles. The van der Waals surface area contributed by atoms with E-state index in [0.717, 1.165) is 44.9 Å². The fraction of sp³-hybridized carbons (Fsp3) is 0.744. The summed E-state index contributed by atoms with van der Waals surface area (Å²) in [5.74, 6) is -0.626. The van der Waals surface area contributed by atoms with Crippen LogP contribution < -0.4 is 21.3 Å². The third-order valence-corrected chi connectivity index (χ3v) is 11.0. The summed E-state index contributed by atoms with van der Waals surface area (Å²) >= 11 is 0. The standard InChI is InChI=1S/C39H60N6O7/c1-8-10-18-27(33(47)35(49)40-20-9-2)41-34(48)32-26-22-39(6,7)52-28(26)23-45(32)36(50)31(25-16-12-11-13-17-25)43-37(51)42-29(38(3,4)5)24-44-21-15-14-19-30(44)46/h1,9,25-29,31-32H,2,10-24H2,3-7H3,(H,40,49)(H,41,48)(H2,42,43,51)/t26-,27?,28-,29+,31?,32-/m0/s1. The Balaban J connectivity index is 1.59. The fourth-order valence-electron chi connectivity index (χ4n) is 8.18. The lowest BCUT2D eigenvalue weighted by Gasteiger charge is -2.39. The van der Waals surface area contributed by atoms with Gasteiger partial charge in [-0.2, -0.15) is 0 Å². The molecular weight excluding hydrogens is 664 g/mol. The number of nitrogens with one attached hydrogen (secondary N) is 4. The minimum atomic E-state index is -1.20. The third kappa shape index (κ3) is 10.4. The van der Waals surface area contributed by atoms with Gasteiger partial charge in [0.2, 0.25) is 23.5 Å². The topological polar surface area (TPSA) is 166 Å². The molecule has 0 spiro atoms. The summed E-state index contributed by atoms with van der Waals surface area (Å²) in [5, 5.41) is 11.3. The second kappa shape index (κ2) is 17.7. The molecule has 3 heterocycles. The number of fused-ring (bicyclic) bond motifs is 1. The smallest absolute Gasteiger partial charge is 0.315 e. The van der Waals surface area contributed by atoms with E-state index in [1.807, 2.05) is 39.5 Å². The lowest BCUT2D eigenvalue weighted by molar-refractivity contribution is -0.144. The fourth-order valence-corrected chi connectivity index (χ4v) is 8.18. The van der Waals surface area contributed by atoms with Crippen molar-refractivity contribution < 1.29 is 33.5 Å². The maximum atomic E-state index is 14.8. The molecule has 1 aliphatic carbocycles. The number of piperidine rings is 1. The molecule has 2 unspecified atom stereocenters. The number of likely N-dealkylation sites (tertiary alicyclic amines) is 2. The SMILES string of the molecule is C#CCCC(NC(=O)[C@@H]1[C@H]2CC(C)(C)O[C@H]2CN1C(=O)C(NC(=O)N[C@H](CN1CCCCC1=O)C(C)(C)C)C1CCCCC1)C(=O)C(=O)NCC=C. The van der Waals surface area contributed by atoms with E-state index in [4.69, 9.17) is 11.2 Å².